The van der Waals surface area contributed by atoms with E-state index in [1.54, 1.807) is 0 Å². The van der Waals surface area contributed by atoms with Crippen LogP contribution in [0.25, 0.3) is 0 Å². The SMILES string of the molecule is C[C@H](CO[Si](c1ccccc1)(c1ccccc1)C(C)(C)C)C[C@@H]1CC=CC(=O)O1. The van der Waals surface area contributed by atoms with Crippen LogP contribution in [0.1, 0.15) is 40.5 Å². The minimum atomic E-state index is -2.51. The first-order valence-corrected chi connectivity index (χ1v) is 12.4. The Morgan fingerprint density at radius 2 is 1.59 bits per heavy atom. The van der Waals surface area contributed by atoms with E-state index in [0.29, 0.717) is 12.5 Å². The van der Waals surface area contributed by atoms with Crippen LogP contribution in [0.4, 0.5) is 0 Å². The fourth-order valence-electron chi connectivity index (χ4n) is 4.26. The molecule has 0 bridgehead atoms. The van der Waals surface area contributed by atoms with Crippen molar-refractivity contribution in [3.63, 3.8) is 0 Å². The van der Waals surface area contributed by atoms with E-state index < -0.39 is 8.32 Å². The van der Waals surface area contributed by atoms with Crippen LogP contribution in [0.5, 0.6) is 0 Å². The highest BCUT2D eigenvalue weighted by molar-refractivity contribution is 6.99. The van der Waals surface area contributed by atoms with E-state index in [-0.39, 0.29) is 17.1 Å². The zero-order chi connectivity index (χ0) is 20.9. The van der Waals surface area contributed by atoms with Crippen LogP contribution >= 0.6 is 0 Å². The van der Waals surface area contributed by atoms with Crippen LogP contribution in [0.15, 0.2) is 72.8 Å². The predicted octanol–water partition coefficient (Wildman–Crippen LogP) is 4.46. The quantitative estimate of drug-likeness (QED) is 0.501. The summed E-state index contributed by atoms with van der Waals surface area (Å²) in [6.07, 6.45) is 4.97. The van der Waals surface area contributed by atoms with Crippen molar-refractivity contribution in [1.29, 1.82) is 0 Å². The first-order chi connectivity index (χ1) is 13.8. The van der Waals surface area contributed by atoms with Crippen LogP contribution in [0, 0.1) is 5.92 Å². The second kappa shape index (κ2) is 9.10. The summed E-state index contributed by atoms with van der Waals surface area (Å²) in [7, 11) is -2.51. The number of carbonyl (C=O) groups excluding carboxylic acids is 1. The van der Waals surface area contributed by atoms with Gasteiger partial charge in [0.15, 0.2) is 0 Å². The Bertz CT molecular complexity index is 785. The van der Waals surface area contributed by atoms with Crippen LogP contribution in [0.3, 0.4) is 0 Å². The van der Waals surface area contributed by atoms with Crippen molar-refractivity contribution in [2.24, 2.45) is 5.92 Å². The van der Waals surface area contributed by atoms with Crippen LogP contribution in [-0.2, 0) is 14.0 Å². The van der Waals surface area contributed by atoms with Crippen molar-refractivity contribution in [2.75, 3.05) is 6.61 Å². The number of hydrogen-bond acceptors (Lipinski definition) is 3. The van der Waals surface area contributed by atoms with Crippen LogP contribution in [0.2, 0.25) is 5.04 Å². The zero-order valence-corrected chi connectivity index (χ0v) is 18.9. The first-order valence-electron chi connectivity index (χ1n) is 10.4. The lowest BCUT2D eigenvalue weighted by Crippen LogP contribution is -2.66. The molecule has 0 aliphatic carbocycles. The van der Waals surface area contributed by atoms with Crippen LogP contribution < -0.4 is 10.4 Å². The molecule has 1 heterocycles. The summed E-state index contributed by atoms with van der Waals surface area (Å²) in [5, 5.41) is 2.55. The van der Waals surface area contributed by atoms with E-state index in [2.05, 4.69) is 88.4 Å². The van der Waals surface area contributed by atoms with Crippen molar-refractivity contribution in [3.8, 4) is 0 Å². The third-order valence-corrected chi connectivity index (χ3v) is 10.6. The molecule has 0 radical (unpaired) electrons. The molecule has 2 atom stereocenters. The third-order valence-electron chi connectivity index (χ3n) is 5.60. The summed E-state index contributed by atoms with van der Waals surface area (Å²) in [5.74, 6) is 0.0577. The Hall–Kier alpha value is -2.17. The number of esters is 1. The van der Waals surface area contributed by atoms with Gasteiger partial charge in [-0.25, -0.2) is 4.79 Å². The molecule has 2 aromatic carbocycles. The molecule has 0 fully saturated rings. The summed E-state index contributed by atoms with van der Waals surface area (Å²) >= 11 is 0. The topological polar surface area (TPSA) is 35.5 Å². The molecule has 29 heavy (non-hydrogen) atoms. The second-order valence-corrected chi connectivity index (χ2v) is 13.3. The highest BCUT2D eigenvalue weighted by Gasteiger charge is 2.50. The van der Waals surface area contributed by atoms with Crippen molar-refractivity contribution in [3.05, 3.63) is 72.8 Å². The maximum Gasteiger partial charge on any atom is 0.330 e. The number of cyclic esters (lactones) is 1. The lowest BCUT2D eigenvalue weighted by Gasteiger charge is -2.43. The number of hydrogen-bond donors (Lipinski definition) is 0. The Labute approximate surface area is 175 Å². The lowest BCUT2D eigenvalue weighted by atomic mass is 10.0. The molecule has 0 unspecified atom stereocenters. The Morgan fingerprint density at radius 1 is 1.03 bits per heavy atom. The molecular weight excluding hydrogens is 376 g/mol. The zero-order valence-electron chi connectivity index (χ0n) is 17.9. The molecule has 3 nitrogen and oxygen atoms in total. The number of rotatable bonds is 7. The average molecular weight is 409 g/mol. The largest absolute Gasteiger partial charge is 0.459 e. The van der Waals surface area contributed by atoms with Gasteiger partial charge in [0.25, 0.3) is 8.32 Å². The van der Waals surface area contributed by atoms with Crippen molar-refractivity contribution >= 4 is 24.7 Å². The first kappa shape index (κ1) is 21.5. The molecule has 1 aliphatic rings. The van der Waals surface area contributed by atoms with E-state index in [9.17, 15) is 4.79 Å². The minimum absolute atomic E-state index is 0.0323. The Balaban J connectivity index is 1.87. The number of benzene rings is 2. The predicted molar refractivity (Wildman–Crippen MR) is 121 cm³/mol. The van der Waals surface area contributed by atoms with Gasteiger partial charge < -0.3 is 9.16 Å². The van der Waals surface area contributed by atoms with Gasteiger partial charge in [0.05, 0.1) is 0 Å². The molecule has 0 N–H and O–H groups in total. The normalized spacial score (nSPS) is 18.3. The standard InChI is InChI=1S/C25H32O3Si/c1-20(18-21-12-11-17-24(26)28-21)19-27-29(25(2,3)4,22-13-7-5-8-14-22)23-15-9-6-10-16-23/h5-11,13-17,20-21H,12,18-19H2,1-4H3/t20-,21-/m0/s1. The smallest absolute Gasteiger partial charge is 0.330 e. The molecule has 154 valence electrons. The summed E-state index contributed by atoms with van der Waals surface area (Å²) < 4.78 is 12.4. The maximum atomic E-state index is 11.5. The highest BCUT2D eigenvalue weighted by Crippen LogP contribution is 2.37. The summed E-state index contributed by atoms with van der Waals surface area (Å²) in [6.45, 7) is 9.70. The molecule has 4 heteroatoms. The third kappa shape index (κ3) is 4.88. The molecule has 0 amide bonds. The summed E-state index contributed by atoms with van der Waals surface area (Å²) in [6, 6.07) is 21.4. The summed E-state index contributed by atoms with van der Waals surface area (Å²) in [5.41, 5.74) is 0. The second-order valence-electron chi connectivity index (χ2n) is 9.01. The van der Waals surface area contributed by atoms with Gasteiger partial charge >= 0.3 is 5.97 Å². The Morgan fingerprint density at radius 3 is 2.07 bits per heavy atom. The number of carbonyl (C=O) groups is 1. The number of ether oxygens (including phenoxy) is 1. The van der Waals surface area contributed by atoms with Gasteiger partial charge in [0.1, 0.15) is 6.10 Å². The van der Waals surface area contributed by atoms with Gasteiger partial charge in [-0.1, -0.05) is 94.4 Å². The Kier molecular flexibility index (Phi) is 6.76. The van der Waals surface area contributed by atoms with E-state index >= 15 is 0 Å². The van der Waals surface area contributed by atoms with Crippen molar-refractivity contribution < 1.29 is 14.0 Å². The minimum Gasteiger partial charge on any atom is -0.459 e. The average Bonchev–Trinajstić information content (AvgIpc) is 2.69. The van der Waals surface area contributed by atoms with Gasteiger partial charge in [0.2, 0.25) is 0 Å². The van der Waals surface area contributed by atoms with Crippen molar-refractivity contribution in [1.82, 2.24) is 0 Å². The summed E-state index contributed by atoms with van der Waals surface area (Å²) in [4.78, 5) is 11.5. The lowest BCUT2D eigenvalue weighted by molar-refractivity contribution is -0.144. The molecule has 2 aromatic rings. The molecular formula is C25H32O3Si. The molecule has 3 rings (SSSR count). The fourth-order valence-corrected chi connectivity index (χ4v) is 8.95. The van der Waals surface area contributed by atoms with Gasteiger partial charge in [-0.2, -0.15) is 0 Å². The molecule has 0 spiro atoms. The van der Waals surface area contributed by atoms with Gasteiger partial charge in [-0.15, -0.1) is 0 Å². The van der Waals surface area contributed by atoms with Crippen LogP contribution in [-0.4, -0.2) is 27.0 Å². The van der Waals surface area contributed by atoms with Gasteiger partial charge in [-0.05, 0) is 27.8 Å². The van der Waals surface area contributed by atoms with Gasteiger partial charge in [0, 0.05) is 19.1 Å². The van der Waals surface area contributed by atoms with Crippen molar-refractivity contribution in [2.45, 2.75) is 51.7 Å². The molecule has 0 saturated carbocycles. The highest BCUT2D eigenvalue weighted by atomic mass is 28.4. The fraction of sp³-hybridized carbons (Fsp3) is 0.400. The van der Waals surface area contributed by atoms with E-state index in [4.69, 9.17) is 9.16 Å². The monoisotopic (exact) mass is 408 g/mol. The van der Waals surface area contributed by atoms with E-state index in [1.807, 2.05) is 6.08 Å². The van der Waals surface area contributed by atoms with E-state index in [1.165, 1.54) is 16.4 Å². The van der Waals surface area contributed by atoms with Gasteiger partial charge in [-0.3, -0.25) is 0 Å². The molecule has 0 aromatic heterocycles. The van der Waals surface area contributed by atoms with E-state index in [0.717, 1.165) is 12.8 Å². The molecule has 1 aliphatic heterocycles. The molecule has 0 saturated heterocycles. The maximum absolute atomic E-state index is 11.5.